The Morgan fingerprint density at radius 1 is 1.03 bits per heavy atom. The quantitative estimate of drug-likeness (QED) is 0.178. The Morgan fingerprint density at radius 3 is 2.57 bits per heavy atom. The first-order valence-corrected chi connectivity index (χ1v) is 13.0. The standard InChI is InChI=1S/C26H25Br2ClN2O4/c1-3-11-34-23-10-9-17(13-24(23)33-4-2)26(32)31-30-15-19-12-20(27)14-21(28)25(19)35-16-18-7-5-6-8-22(18)29/h5-10,12-15H,3-4,11,16H2,1-2H3,(H,31,32)/b30-15+. The van der Waals surface area contributed by atoms with Crippen molar-refractivity contribution in [3.8, 4) is 17.2 Å². The zero-order valence-electron chi connectivity index (χ0n) is 19.3. The lowest BCUT2D eigenvalue weighted by molar-refractivity contribution is 0.0954. The molecule has 35 heavy (non-hydrogen) atoms. The second-order valence-corrected chi connectivity index (χ2v) is 9.51. The lowest BCUT2D eigenvalue weighted by Gasteiger charge is -2.13. The second-order valence-electron chi connectivity index (χ2n) is 7.33. The first kappa shape index (κ1) is 27.0. The van der Waals surface area contributed by atoms with Crippen LogP contribution in [0.3, 0.4) is 0 Å². The number of hydrogen-bond donors (Lipinski definition) is 1. The van der Waals surface area contributed by atoms with Gasteiger partial charge in [0.15, 0.2) is 11.5 Å². The average molecular weight is 625 g/mol. The Bertz CT molecular complexity index is 1200. The van der Waals surface area contributed by atoms with Gasteiger partial charge in [0.2, 0.25) is 0 Å². The van der Waals surface area contributed by atoms with Gasteiger partial charge in [0.25, 0.3) is 5.91 Å². The zero-order valence-corrected chi connectivity index (χ0v) is 23.2. The van der Waals surface area contributed by atoms with Crippen LogP contribution in [0.4, 0.5) is 0 Å². The van der Waals surface area contributed by atoms with Crippen molar-refractivity contribution < 1.29 is 19.0 Å². The largest absolute Gasteiger partial charge is 0.490 e. The third kappa shape index (κ3) is 7.72. The summed E-state index contributed by atoms with van der Waals surface area (Å²) in [6, 6.07) is 16.2. The number of amides is 1. The summed E-state index contributed by atoms with van der Waals surface area (Å²) in [5.74, 6) is 1.32. The van der Waals surface area contributed by atoms with Crippen LogP contribution in [-0.2, 0) is 6.61 Å². The molecule has 0 bridgehead atoms. The minimum Gasteiger partial charge on any atom is -0.490 e. The summed E-state index contributed by atoms with van der Waals surface area (Å²) in [6.45, 7) is 5.21. The fraction of sp³-hybridized carbons (Fsp3) is 0.231. The molecule has 0 heterocycles. The number of rotatable bonds is 11. The number of benzene rings is 3. The normalized spacial score (nSPS) is 10.9. The van der Waals surface area contributed by atoms with Crippen molar-refractivity contribution in [2.45, 2.75) is 26.9 Å². The molecule has 184 valence electrons. The highest BCUT2D eigenvalue weighted by molar-refractivity contribution is 9.11. The van der Waals surface area contributed by atoms with E-state index in [1.807, 2.05) is 50.2 Å². The van der Waals surface area contributed by atoms with Crippen LogP contribution in [0.1, 0.15) is 41.8 Å². The molecule has 0 atom stereocenters. The maximum absolute atomic E-state index is 12.7. The van der Waals surface area contributed by atoms with Gasteiger partial charge in [0, 0.05) is 26.2 Å². The summed E-state index contributed by atoms with van der Waals surface area (Å²) in [7, 11) is 0. The second kappa shape index (κ2) is 13.5. The van der Waals surface area contributed by atoms with Crippen molar-refractivity contribution in [1.29, 1.82) is 0 Å². The van der Waals surface area contributed by atoms with Crippen LogP contribution in [0, 0.1) is 0 Å². The van der Waals surface area contributed by atoms with E-state index < -0.39 is 0 Å². The number of hydrazone groups is 1. The van der Waals surface area contributed by atoms with Gasteiger partial charge >= 0.3 is 0 Å². The van der Waals surface area contributed by atoms with Crippen LogP contribution in [0.15, 0.2) is 68.6 Å². The Kier molecular flexibility index (Phi) is 10.4. The fourth-order valence-corrected chi connectivity index (χ4v) is 4.63. The summed E-state index contributed by atoms with van der Waals surface area (Å²) in [6.07, 6.45) is 2.40. The number of nitrogens with zero attached hydrogens (tertiary/aromatic N) is 1. The van der Waals surface area contributed by atoms with Gasteiger partial charge in [-0.25, -0.2) is 5.43 Å². The lowest BCUT2D eigenvalue weighted by Crippen LogP contribution is -2.18. The topological polar surface area (TPSA) is 69.2 Å². The van der Waals surface area contributed by atoms with Crippen molar-refractivity contribution in [2.75, 3.05) is 13.2 Å². The SMILES string of the molecule is CCCOc1ccc(C(=O)N/N=C/c2cc(Br)cc(Br)c2OCc2ccccc2Cl)cc1OCC. The van der Waals surface area contributed by atoms with Gasteiger partial charge in [-0.2, -0.15) is 5.10 Å². The molecule has 6 nitrogen and oxygen atoms in total. The maximum atomic E-state index is 12.7. The average Bonchev–Trinajstić information content (AvgIpc) is 2.83. The third-order valence-corrected chi connectivity index (χ3v) is 6.12. The molecule has 9 heteroatoms. The van der Waals surface area contributed by atoms with E-state index in [1.54, 1.807) is 18.2 Å². The lowest BCUT2D eigenvalue weighted by atomic mass is 10.2. The molecule has 1 amide bonds. The predicted octanol–water partition coefficient (Wildman–Crippen LogP) is 7.40. The fourth-order valence-electron chi connectivity index (χ4n) is 3.07. The van der Waals surface area contributed by atoms with E-state index in [2.05, 4.69) is 42.4 Å². The van der Waals surface area contributed by atoms with E-state index in [1.165, 1.54) is 6.21 Å². The summed E-state index contributed by atoms with van der Waals surface area (Å²) in [4.78, 5) is 12.7. The van der Waals surface area contributed by atoms with Crippen LogP contribution in [-0.4, -0.2) is 25.3 Å². The van der Waals surface area contributed by atoms with Crippen LogP contribution in [0.5, 0.6) is 17.2 Å². The molecule has 0 aliphatic carbocycles. The highest BCUT2D eigenvalue weighted by Gasteiger charge is 2.13. The van der Waals surface area contributed by atoms with E-state index in [4.69, 9.17) is 25.8 Å². The predicted molar refractivity (Wildman–Crippen MR) is 146 cm³/mol. The smallest absolute Gasteiger partial charge is 0.271 e. The molecular weight excluding hydrogens is 600 g/mol. The number of carbonyl (C=O) groups is 1. The number of halogens is 3. The van der Waals surface area contributed by atoms with E-state index in [-0.39, 0.29) is 12.5 Å². The van der Waals surface area contributed by atoms with Gasteiger partial charge in [0.05, 0.1) is 23.9 Å². The van der Waals surface area contributed by atoms with Crippen molar-refractivity contribution in [2.24, 2.45) is 5.10 Å². The molecule has 0 aromatic heterocycles. The van der Waals surface area contributed by atoms with Gasteiger partial charge in [-0.3, -0.25) is 4.79 Å². The van der Waals surface area contributed by atoms with Gasteiger partial charge in [-0.1, -0.05) is 52.7 Å². The van der Waals surface area contributed by atoms with Crippen LogP contribution < -0.4 is 19.6 Å². The summed E-state index contributed by atoms with van der Waals surface area (Å²) in [5, 5.41) is 4.76. The highest BCUT2D eigenvalue weighted by Crippen LogP contribution is 2.33. The Labute approximate surface area is 226 Å². The molecule has 3 aromatic rings. The number of ether oxygens (including phenoxy) is 3. The van der Waals surface area contributed by atoms with E-state index in [9.17, 15) is 4.79 Å². The molecular formula is C26H25Br2ClN2O4. The Morgan fingerprint density at radius 2 is 1.83 bits per heavy atom. The first-order chi connectivity index (χ1) is 16.9. The van der Waals surface area contributed by atoms with E-state index >= 15 is 0 Å². The van der Waals surface area contributed by atoms with Gasteiger partial charge in [-0.05, 0) is 65.7 Å². The molecule has 0 saturated heterocycles. The van der Waals surface area contributed by atoms with Crippen molar-refractivity contribution in [3.63, 3.8) is 0 Å². The van der Waals surface area contributed by atoms with Crippen molar-refractivity contribution in [3.05, 3.63) is 85.3 Å². The van der Waals surface area contributed by atoms with Crippen molar-refractivity contribution >= 4 is 55.6 Å². The molecule has 0 fully saturated rings. The molecule has 0 aliphatic heterocycles. The zero-order chi connectivity index (χ0) is 25.2. The van der Waals surface area contributed by atoms with E-state index in [0.717, 1.165) is 20.9 Å². The monoisotopic (exact) mass is 622 g/mol. The molecule has 0 aliphatic rings. The Hall–Kier alpha value is -2.55. The molecule has 3 aromatic carbocycles. The van der Waals surface area contributed by atoms with Crippen molar-refractivity contribution in [1.82, 2.24) is 5.43 Å². The number of nitrogens with one attached hydrogen (secondary N) is 1. The summed E-state index contributed by atoms with van der Waals surface area (Å²) < 4.78 is 18.9. The molecule has 0 radical (unpaired) electrons. The molecule has 3 rings (SSSR count). The summed E-state index contributed by atoms with van der Waals surface area (Å²) in [5.41, 5.74) is 4.48. The van der Waals surface area contributed by atoms with Gasteiger partial charge in [0.1, 0.15) is 12.4 Å². The van der Waals surface area contributed by atoms with Crippen LogP contribution in [0.2, 0.25) is 5.02 Å². The number of hydrogen-bond acceptors (Lipinski definition) is 5. The highest BCUT2D eigenvalue weighted by atomic mass is 79.9. The van der Waals surface area contributed by atoms with Gasteiger partial charge < -0.3 is 14.2 Å². The van der Waals surface area contributed by atoms with Crippen LogP contribution >= 0.6 is 43.5 Å². The molecule has 0 saturated carbocycles. The third-order valence-electron chi connectivity index (χ3n) is 4.70. The van der Waals surface area contributed by atoms with E-state index in [0.29, 0.717) is 46.6 Å². The first-order valence-electron chi connectivity index (χ1n) is 11.0. The number of carbonyl (C=O) groups excluding carboxylic acids is 1. The van der Waals surface area contributed by atoms with Gasteiger partial charge in [-0.15, -0.1) is 0 Å². The minimum absolute atomic E-state index is 0.278. The Balaban J connectivity index is 1.74. The maximum Gasteiger partial charge on any atom is 0.271 e. The molecule has 0 spiro atoms. The molecule has 1 N–H and O–H groups in total. The molecule has 0 unspecified atom stereocenters. The summed E-state index contributed by atoms with van der Waals surface area (Å²) >= 11 is 13.3. The minimum atomic E-state index is -0.378. The van der Waals surface area contributed by atoms with Crippen LogP contribution in [0.25, 0.3) is 0 Å².